The van der Waals surface area contributed by atoms with Gasteiger partial charge in [-0.15, -0.1) is 10.2 Å². The Hall–Kier alpha value is -3.01. The minimum Gasteiger partial charge on any atom is -0.415 e. The normalized spacial score (nSPS) is 10.9. The number of pyridine rings is 1. The third kappa shape index (κ3) is 4.70. The highest BCUT2D eigenvalue weighted by atomic mass is 32.2. The van der Waals surface area contributed by atoms with Gasteiger partial charge in [0.1, 0.15) is 0 Å². The second-order valence-electron chi connectivity index (χ2n) is 5.87. The number of nitrogens with one attached hydrogen (secondary N) is 2. The van der Waals surface area contributed by atoms with Gasteiger partial charge >= 0.3 is 6.43 Å². The largest absolute Gasteiger partial charge is 0.415 e. The number of aromatic nitrogens is 3. The second kappa shape index (κ2) is 9.46. The number of alkyl halides is 2. The molecule has 152 valence electrons. The Balaban J connectivity index is 1.83. The molecule has 2 heterocycles. The molecule has 0 saturated carbocycles. The number of nitrogens with zero attached hydrogens (tertiary/aromatic N) is 4. The first-order valence-corrected chi connectivity index (χ1v) is 9.80. The Morgan fingerprint density at radius 1 is 1.28 bits per heavy atom. The quantitative estimate of drug-likeness (QED) is 0.382. The van der Waals surface area contributed by atoms with Crippen molar-refractivity contribution in [2.45, 2.75) is 19.9 Å². The molecule has 0 fully saturated rings. The highest BCUT2D eigenvalue weighted by Crippen LogP contribution is 2.34. The van der Waals surface area contributed by atoms with E-state index in [9.17, 15) is 8.78 Å². The summed E-state index contributed by atoms with van der Waals surface area (Å²) in [6, 6.07) is 9.28. The molecule has 0 aliphatic carbocycles. The van der Waals surface area contributed by atoms with E-state index < -0.39 is 12.3 Å². The molecule has 0 saturated heterocycles. The minimum atomic E-state index is -2.80. The lowest BCUT2D eigenvalue weighted by atomic mass is 10.1. The van der Waals surface area contributed by atoms with Gasteiger partial charge in [-0.2, -0.15) is 8.78 Å². The van der Waals surface area contributed by atoms with Gasteiger partial charge in [-0.1, -0.05) is 19.1 Å². The highest BCUT2D eigenvalue weighted by molar-refractivity contribution is 8.00. The summed E-state index contributed by atoms with van der Waals surface area (Å²) >= 11 is 1.63. The highest BCUT2D eigenvalue weighted by Gasteiger charge is 2.18. The molecule has 0 atom stereocenters. The molecule has 10 heteroatoms. The summed E-state index contributed by atoms with van der Waals surface area (Å²) < 4.78 is 32.3. The summed E-state index contributed by atoms with van der Waals surface area (Å²) in [6.45, 7) is 2.57. The lowest BCUT2D eigenvalue weighted by Gasteiger charge is -2.26. The summed E-state index contributed by atoms with van der Waals surface area (Å²) in [5, 5.41) is 17.7. The standard InChI is InChI=1S/C19H20F2N6OS/c1-3-29-27(15-6-4-5-12(9-22)16(15)23-2)11-14-8-7-13(10-24-14)18-25-26-19(28-18)17(20)21/h4-10,17,22-23H,3,11H2,1-2H3. The van der Waals surface area contributed by atoms with Gasteiger partial charge in [0, 0.05) is 30.8 Å². The number of rotatable bonds is 9. The summed E-state index contributed by atoms with van der Waals surface area (Å²) in [5.74, 6) is 0.157. The number of hydrogen-bond donors (Lipinski definition) is 2. The SMILES string of the molecule is CCSN(Cc1ccc(-c2nnc(C(F)F)o2)cn1)c1cccc(C=N)c1NC. The van der Waals surface area contributed by atoms with Gasteiger partial charge in [-0.25, -0.2) is 0 Å². The third-order valence-corrected chi connectivity index (χ3v) is 4.93. The molecule has 0 aliphatic heterocycles. The average Bonchev–Trinajstić information content (AvgIpc) is 3.24. The molecular formula is C19H20F2N6OS. The number of benzene rings is 1. The first-order valence-electron chi connectivity index (χ1n) is 8.85. The molecule has 2 N–H and O–H groups in total. The Morgan fingerprint density at radius 3 is 2.69 bits per heavy atom. The second-order valence-corrected chi connectivity index (χ2v) is 7.15. The number of anilines is 2. The molecule has 7 nitrogen and oxygen atoms in total. The van der Waals surface area contributed by atoms with E-state index >= 15 is 0 Å². The van der Waals surface area contributed by atoms with Crippen molar-refractivity contribution in [3.63, 3.8) is 0 Å². The molecular weight excluding hydrogens is 398 g/mol. The molecule has 3 rings (SSSR count). The Labute approximate surface area is 171 Å². The fraction of sp³-hybridized carbons (Fsp3) is 0.263. The van der Waals surface area contributed by atoms with Crippen LogP contribution in [0.2, 0.25) is 0 Å². The van der Waals surface area contributed by atoms with E-state index in [0.717, 1.165) is 28.4 Å². The Bertz CT molecular complexity index is 964. The maximum atomic E-state index is 12.6. The molecule has 0 aliphatic rings. The molecule has 0 spiro atoms. The summed E-state index contributed by atoms with van der Waals surface area (Å²) in [6.07, 6.45) is 0.0379. The van der Waals surface area contributed by atoms with Crippen LogP contribution >= 0.6 is 11.9 Å². The number of para-hydroxylation sites is 1. The van der Waals surface area contributed by atoms with Crippen LogP contribution in [0.15, 0.2) is 40.9 Å². The van der Waals surface area contributed by atoms with Crippen molar-refractivity contribution in [3.8, 4) is 11.5 Å². The van der Waals surface area contributed by atoms with Gasteiger partial charge in [0.05, 0.1) is 29.2 Å². The fourth-order valence-corrected chi connectivity index (χ4v) is 3.57. The van der Waals surface area contributed by atoms with Gasteiger partial charge in [-0.05, 0) is 30.1 Å². The van der Waals surface area contributed by atoms with Gasteiger partial charge in [0.15, 0.2) is 0 Å². The van der Waals surface area contributed by atoms with Crippen molar-refractivity contribution in [2.75, 3.05) is 22.4 Å². The summed E-state index contributed by atoms with van der Waals surface area (Å²) in [5.41, 5.74) is 3.87. The van der Waals surface area contributed by atoms with Crippen molar-refractivity contribution >= 4 is 29.5 Å². The van der Waals surface area contributed by atoms with Crippen LogP contribution < -0.4 is 9.62 Å². The van der Waals surface area contributed by atoms with Crippen LogP contribution in [0.25, 0.3) is 11.5 Å². The maximum absolute atomic E-state index is 12.6. The molecule has 0 amide bonds. The number of halogens is 2. The van der Waals surface area contributed by atoms with Gasteiger partial charge in [0.25, 0.3) is 5.89 Å². The van der Waals surface area contributed by atoms with Crippen LogP contribution in [0, 0.1) is 5.41 Å². The van der Waals surface area contributed by atoms with Gasteiger partial charge in [0.2, 0.25) is 5.89 Å². The smallest absolute Gasteiger partial charge is 0.314 e. The zero-order chi connectivity index (χ0) is 20.8. The van der Waals surface area contributed by atoms with Crippen molar-refractivity contribution < 1.29 is 13.2 Å². The van der Waals surface area contributed by atoms with Gasteiger partial charge in [-0.3, -0.25) is 4.98 Å². The first-order chi connectivity index (χ1) is 14.1. The molecule has 29 heavy (non-hydrogen) atoms. The Kier molecular flexibility index (Phi) is 6.76. The molecule has 0 unspecified atom stereocenters. The van der Waals surface area contributed by atoms with Crippen LogP contribution in [-0.2, 0) is 6.54 Å². The summed E-state index contributed by atoms with van der Waals surface area (Å²) in [4.78, 5) is 4.42. The monoisotopic (exact) mass is 418 g/mol. The molecule has 0 radical (unpaired) electrons. The van der Waals surface area contributed by atoms with E-state index in [2.05, 4.69) is 31.7 Å². The summed E-state index contributed by atoms with van der Waals surface area (Å²) in [7, 11) is 1.83. The minimum absolute atomic E-state index is 0.00953. The molecule has 3 aromatic rings. The lowest BCUT2D eigenvalue weighted by Crippen LogP contribution is -2.17. The van der Waals surface area contributed by atoms with Crippen molar-refractivity contribution in [2.24, 2.45) is 0 Å². The Morgan fingerprint density at radius 2 is 2.10 bits per heavy atom. The van der Waals surface area contributed by atoms with Crippen LogP contribution in [0.3, 0.4) is 0 Å². The maximum Gasteiger partial charge on any atom is 0.314 e. The van der Waals surface area contributed by atoms with Crippen LogP contribution in [0.1, 0.15) is 30.5 Å². The predicted molar refractivity (Wildman–Crippen MR) is 111 cm³/mol. The zero-order valence-electron chi connectivity index (χ0n) is 15.9. The zero-order valence-corrected chi connectivity index (χ0v) is 16.7. The van der Waals surface area contributed by atoms with E-state index in [4.69, 9.17) is 9.83 Å². The van der Waals surface area contributed by atoms with Crippen LogP contribution in [-0.4, -0.2) is 34.2 Å². The average molecular weight is 418 g/mol. The van der Waals surface area contributed by atoms with Crippen LogP contribution in [0.5, 0.6) is 0 Å². The van der Waals surface area contributed by atoms with Crippen molar-refractivity contribution in [1.82, 2.24) is 15.2 Å². The fourth-order valence-electron chi connectivity index (χ4n) is 2.75. The molecule has 2 aromatic heterocycles. The van der Waals surface area contributed by atoms with Crippen molar-refractivity contribution in [3.05, 3.63) is 53.7 Å². The van der Waals surface area contributed by atoms with Crippen LogP contribution in [0.4, 0.5) is 20.2 Å². The van der Waals surface area contributed by atoms with E-state index in [1.807, 2.05) is 25.2 Å². The van der Waals surface area contributed by atoms with E-state index in [1.165, 1.54) is 12.4 Å². The van der Waals surface area contributed by atoms with E-state index in [0.29, 0.717) is 12.1 Å². The lowest BCUT2D eigenvalue weighted by molar-refractivity contribution is 0.116. The topological polar surface area (TPSA) is 90.9 Å². The van der Waals surface area contributed by atoms with E-state index in [1.54, 1.807) is 24.1 Å². The van der Waals surface area contributed by atoms with E-state index in [-0.39, 0.29) is 5.89 Å². The number of hydrogen-bond acceptors (Lipinski definition) is 8. The van der Waals surface area contributed by atoms with Gasteiger partial charge < -0.3 is 19.4 Å². The first kappa shape index (κ1) is 20.7. The third-order valence-electron chi connectivity index (χ3n) is 4.04. The molecule has 1 aromatic carbocycles. The van der Waals surface area contributed by atoms with Crippen molar-refractivity contribution in [1.29, 1.82) is 5.41 Å². The predicted octanol–water partition coefficient (Wildman–Crippen LogP) is 4.78. The molecule has 0 bridgehead atoms.